The minimum Gasteiger partial charge on any atom is -0.384 e. The first kappa shape index (κ1) is 14.8. The van der Waals surface area contributed by atoms with Crippen molar-refractivity contribution in [3.63, 3.8) is 0 Å². The van der Waals surface area contributed by atoms with Gasteiger partial charge in [0.05, 0.1) is 0 Å². The number of benzene rings is 1. The van der Waals surface area contributed by atoms with Crippen LogP contribution in [-0.2, 0) is 0 Å². The fraction of sp³-hybridized carbons (Fsp3) is 0.176. The molecule has 1 aromatic heterocycles. The lowest BCUT2D eigenvalue weighted by Crippen LogP contribution is -2.12. The number of aryl methyl sites for hydroxylation is 2. The van der Waals surface area contributed by atoms with Crippen molar-refractivity contribution in [2.75, 3.05) is 11.9 Å². The second-order valence-electron chi connectivity index (χ2n) is 4.69. The number of hydrogen-bond acceptors (Lipinski definition) is 3. The molecule has 106 valence electrons. The van der Waals surface area contributed by atoms with Crippen LogP contribution in [0.15, 0.2) is 36.5 Å². The number of hydrogen-bond donors (Lipinski definition) is 2. The summed E-state index contributed by atoms with van der Waals surface area (Å²) in [5.41, 5.74) is 3.77. The van der Waals surface area contributed by atoms with Gasteiger partial charge in [-0.1, -0.05) is 11.8 Å². The van der Waals surface area contributed by atoms with E-state index in [1.807, 2.05) is 26.0 Å². The Balaban J connectivity index is 2.23. The van der Waals surface area contributed by atoms with Gasteiger partial charge in [0.1, 0.15) is 6.61 Å². The third-order valence-corrected chi connectivity index (χ3v) is 2.81. The summed E-state index contributed by atoms with van der Waals surface area (Å²) in [5, 5.41) is 11.6. The summed E-state index contributed by atoms with van der Waals surface area (Å²) in [6.07, 6.45) is 1.61. The van der Waals surface area contributed by atoms with Crippen LogP contribution < -0.4 is 5.32 Å². The minimum absolute atomic E-state index is 0.188. The van der Waals surface area contributed by atoms with E-state index in [1.165, 1.54) is 0 Å². The molecule has 1 amide bonds. The molecule has 2 rings (SSSR count). The molecular formula is C17H16N2O2. The van der Waals surface area contributed by atoms with Crippen molar-refractivity contribution in [2.45, 2.75) is 13.8 Å². The zero-order valence-electron chi connectivity index (χ0n) is 12.0. The number of rotatable bonds is 2. The van der Waals surface area contributed by atoms with Gasteiger partial charge in [-0.15, -0.1) is 0 Å². The molecule has 0 aliphatic heterocycles. The average molecular weight is 280 g/mol. The second-order valence-corrected chi connectivity index (χ2v) is 4.69. The van der Waals surface area contributed by atoms with Crippen molar-refractivity contribution in [1.82, 2.24) is 4.98 Å². The number of carbonyl (C=O) groups excluding carboxylic acids is 1. The van der Waals surface area contributed by atoms with Crippen LogP contribution in [0.2, 0.25) is 0 Å². The van der Waals surface area contributed by atoms with Gasteiger partial charge in [0, 0.05) is 28.7 Å². The Morgan fingerprint density at radius 2 is 2.10 bits per heavy atom. The largest absolute Gasteiger partial charge is 0.384 e. The van der Waals surface area contributed by atoms with Crippen molar-refractivity contribution < 1.29 is 9.90 Å². The SMILES string of the molecule is Cc1cc(C#CCO)cc(NC(=O)c2ccnc(C)c2)c1. The Morgan fingerprint density at radius 1 is 1.29 bits per heavy atom. The number of aliphatic hydroxyl groups is 1. The molecule has 21 heavy (non-hydrogen) atoms. The topological polar surface area (TPSA) is 62.2 Å². The Morgan fingerprint density at radius 3 is 2.81 bits per heavy atom. The van der Waals surface area contributed by atoms with E-state index in [4.69, 9.17) is 5.11 Å². The van der Waals surface area contributed by atoms with Crippen LogP contribution in [0.5, 0.6) is 0 Å². The fourth-order valence-electron chi connectivity index (χ4n) is 1.96. The highest BCUT2D eigenvalue weighted by Gasteiger charge is 2.07. The highest BCUT2D eigenvalue weighted by Crippen LogP contribution is 2.15. The van der Waals surface area contributed by atoms with Crippen molar-refractivity contribution >= 4 is 11.6 Å². The molecule has 0 aliphatic carbocycles. The van der Waals surface area contributed by atoms with Crippen molar-refractivity contribution in [3.05, 3.63) is 58.9 Å². The van der Waals surface area contributed by atoms with E-state index >= 15 is 0 Å². The minimum atomic E-state index is -0.189. The summed E-state index contributed by atoms with van der Waals surface area (Å²) in [5.74, 6) is 5.24. The third-order valence-electron chi connectivity index (χ3n) is 2.81. The van der Waals surface area contributed by atoms with Crippen molar-refractivity contribution in [2.24, 2.45) is 0 Å². The third kappa shape index (κ3) is 4.16. The van der Waals surface area contributed by atoms with E-state index < -0.39 is 0 Å². The summed E-state index contributed by atoms with van der Waals surface area (Å²) < 4.78 is 0. The van der Waals surface area contributed by atoms with E-state index in [9.17, 15) is 4.79 Å². The molecule has 0 atom stereocenters. The normalized spacial score (nSPS) is 9.67. The average Bonchev–Trinajstić information content (AvgIpc) is 2.44. The molecule has 0 spiro atoms. The van der Waals surface area contributed by atoms with Crippen molar-refractivity contribution in [3.8, 4) is 11.8 Å². The summed E-state index contributed by atoms with van der Waals surface area (Å²) in [7, 11) is 0. The zero-order valence-corrected chi connectivity index (χ0v) is 12.0. The van der Waals surface area contributed by atoms with E-state index in [-0.39, 0.29) is 12.5 Å². The van der Waals surface area contributed by atoms with Crippen LogP contribution in [0, 0.1) is 25.7 Å². The number of nitrogens with one attached hydrogen (secondary N) is 1. The summed E-state index contributed by atoms with van der Waals surface area (Å²) in [6, 6.07) is 8.95. The van der Waals surface area contributed by atoms with Crippen LogP contribution >= 0.6 is 0 Å². The standard InChI is InChI=1S/C17H16N2O2/c1-12-8-14(4-3-7-20)11-16(9-12)19-17(21)15-5-6-18-13(2)10-15/h5-6,8-11,20H,7H2,1-2H3,(H,19,21). The molecule has 2 N–H and O–H groups in total. The number of aliphatic hydroxyl groups excluding tert-OH is 1. The highest BCUT2D eigenvalue weighted by atomic mass is 16.2. The lowest BCUT2D eigenvalue weighted by atomic mass is 10.1. The summed E-state index contributed by atoms with van der Waals surface area (Å²) >= 11 is 0. The van der Waals surface area contributed by atoms with Gasteiger partial charge in [-0.3, -0.25) is 9.78 Å². The maximum atomic E-state index is 12.2. The van der Waals surface area contributed by atoms with Gasteiger partial charge >= 0.3 is 0 Å². The fourth-order valence-corrected chi connectivity index (χ4v) is 1.96. The molecule has 0 aliphatic rings. The molecular weight excluding hydrogens is 264 g/mol. The molecule has 0 fully saturated rings. The molecule has 0 radical (unpaired) electrons. The van der Waals surface area contributed by atoms with Gasteiger partial charge in [0.25, 0.3) is 5.91 Å². The van der Waals surface area contributed by atoms with E-state index in [1.54, 1.807) is 24.4 Å². The number of anilines is 1. The first-order valence-corrected chi connectivity index (χ1v) is 6.54. The number of aromatic nitrogens is 1. The predicted molar refractivity (Wildman–Crippen MR) is 82.1 cm³/mol. The van der Waals surface area contributed by atoms with E-state index in [0.29, 0.717) is 11.3 Å². The van der Waals surface area contributed by atoms with Gasteiger partial charge in [0.2, 0.25) is 0 Å². The molecule has 2 aromatic rings. The van der Waals surface area contributed by atoms with Crippen LogP contribution in [0.25, 0.3) is 0 Å². The quantitative estimate of drug-likeness (QED) is 0.830. The number of pyridine rings is 1. The van der Waals surface area contributed by atoms with Gasteiger partial charge in [-0.25, -0.2) is 0 Å². The zero-order chi connectivity index (χ0) is 15.2. The molecule has 0 unspecified atom stereocenters. The molecule has 1 aromatic carbocycles. The van der Waals surface area contributed by atoms with Crippen molar-refractivity contribution in [1.29, 1.82) is 0 Å². The van der Waals surface area contributed by atoms with Crippen LogP contribution in [0.3, 0.4) is 0 Å². The Kier molecular flexibility index (Phi) is 4.70. The van der Waals surface area contributed by atoms with Crippen LogP contribution in [-0.4, -0.2) is 22.6 Å². The first-order valence-electron chi connectivity index (χ1n) is 6.54. The Bertz CT molecular complexity index is 727. The van der Waals surface area contributed by atoms with Crippen LogP contribution in [0.1, 0.15) is 27.2 Å². The smallest absolute Gasteiger partial charge is 0.255 e. The molecule has 1 heterocycles. The Labute approximate surface area is 123 Å². The molecule has 4 nitrogen and oxygen atoms in total. The predicted octanol–water partition coefficient (Wildman–Crippen LogP) is 2.29. The van der Waals surface area contributed by atoms with Gasteiger partial charge in [-0.05, 0) is 49.7 Å². The summed E-state index contributed by atoms with van der Waals surface area (Å²) in [6.45, 7) is 3.58. The lowest BCUT2D eigenvalue weighted by molar-refractivity contribution is 0.102. The molecule has 0 saturated carbocycles. The number of amides is 1. The van der Waals surface area contributed by atoms with Gasteiger partial charge < -0.3 is 10.4 Å². The number of nitrogens with zero attached hydrogens (tertiary/aromatic N) is 1. The highest BCUT2D eigenvalue weighted by molar-refractivity contribution is 6.04. The van der Waals surface area contributed by atoms with Gasteiger partial charge in [0.15, 0.2) is 0 Å². The van der Waals surface area contributed by atoms with Gasteiger partial charge in [-0.2, -0.15) is 0 Å². The monoisotopic (exact) mass is 280 g/mol. The maximum Gasteiger partial charge on any atom is 0.255 e. The lowest BCUT2D eigenvalue weighted by Gasteiger charge is -2.07. The summed E-state index contributed by atoms with van der Waals surface area (Å²) in [4.78, 5) is 16.3. The first-order chi connectivity index (χ1) is 10.1. The second kappa shape index (κ2) is 6.69. The van der Waals surface area contributed by atoms with Crippen LogP contribution in [0.4, 0.5) is 5.69 Å². The Hall–Kier alpha value is -2.64. The molecule has 0 bridgehead atoms. The van der Waals surface area contributed by atoms with E-state index in [2.05, 4.69) is 22.1 Å². The maximum absolute atomic E-state index is 12.2. The van der Waals surface area contributed by atoms with E-state index in [0.717, 1.165) is 16.8 Å². The molecule has 0 saturated heterocycles. The molecule has 4 heteroatoms. The number of carbonyl (C=O) groups is 1.